The Hall–Kier alpha value is -2.34. The number of nitrogens with two attached hydrogens (primary N) is 1. The lowest BCUT2D eigenvalue weighted by Crippen LogP contribution is -2.10. The summed E-state index contributed by atoms with van der Waals surface area (Å²) in [6.07, 6.45) is 1.74. The lowest BCUT2D eigenvalue weighted by Gasteiger charge is -2.02. The van der Waals surface area contributed by atoms with Crippen LogP contribution in [-0.2, 0) is 0 Å². The van der Waals surface area contributed by atoms with Crippen LogP contribution in [0.4, 0.5) is 5.13 Å². The number of nitrogens with one attached hydrogen (secondary N) is 1. The second-order valence-corrected chi connectivity index (χ2v) is 4.66. The molecule has 0 spiro atoms. The van der Waals surface area contributed by atoms with E-state index in [1.54, 1.807) is 12.1 Å². The summed E-state index contributed by atoms with van der Waals surface area (Å²) in [4.78, 5) is 15.4. The first kappa shape index (κ1) is 13.1. The number of thiazole rings is 1. The highest BCUT2D eigenvalue weighted by Gasteiger charge is 2.10. The number of hydrogen-bond donors (Lipinski definition) is 3. The van der Waals surface area contributed by atoms with Gasteiger partial charge in [0, 0.05) is 17.5 Å². The van der Waals surface area contributed by atoms with Crippen molar-refractivity contribution in [2.75, 3.05) is 11.9 Å². The van der Waals surface area contributed by atoms with Crippen LogP contribution in [0.15, 0.2) is 36.2 Å². The van der Waals surface area contributed by atoms with Crippen molar-refractivity contribution < 1.29 is 9.90 Å². The highest BCUT2D eigenvalue weighted by atomic mass is 32.1. The van der Waals surface area contributed by atoms with Gasteiger partial charge >= 0.3 is 0 Å². The van der Waals surface area contributed by atoms with Gasteiger partial charge in [0.2, 0.25) is 0 Å². The first-order valence-electron chi connectivity index (χ1n) is 5.55. The van der Waals surface area contributed by atoms with E-state index in [4.69, 9.17) is 5.73 Å². The molecule has 1 amide bonds. The van der Waals surface area contributed by atoms with Crippen LogP contribution in [0.25, 0.3) is 11.3 Å². The molecule has 98 valence electrons. The van der Waals surface area contributed by atoms with Crippen LogP contribution >= 0.6 is 11.3 Å². The van der Waals surface area contributed by atoms with Crippen molar-refractivity contribution in [2.24, 2.45) is 5.73 Å². The molecule has 1 heterocycles. The van der Waals surface area contributed by atoms with Crippen molar-refractivity contribution in [3.05, 3.63) is 41.8 Å². The Morgan fingerprint density at radius 2 is 2.37 bits per heavy atom. The molecule has 0 aliphatic heterocycles. The van der Waals surface area contributed by atoms with E-state index in [1.165, 1.54) is 23.5 Å². The SMILES string of the molecule is C=CCNc1nc(-c2ccc(C(N)=O)c(O)c2)cs1. The first-order chi connectivity index (χ1) is 9.11. The van der Waals surface area contributed by atoms with Gasteiger partial charge in [-0.05, 0) is 12.1 Å². The quantitative estimate of drug-likeness (QED) is 0.730. The smallest absolute Gasteiger partial charge is 0.252 e. The lowest BCUT2D eigenvalue weighted by molar-refractivity contribution is 0.0998. The van der Waals surface area contributed by atoms with Crippen LogP contribution < -0.4 is 11.1 Å². The molecule has 0 saturated carbocycles. The van der Waals surface area contributed by atoms with E-state index in [9.17, 15) is 9.90 Å². The normalized spacial score (nSPS) is 10.1. The molecule has 0 radical (unpaired) electrons. The van der Waals surface area contributed by atoms with E-state index in [0.29, 0.717) is 6.54 Å². The molecule has 0 aliphatic carbocycles. The molecule has 0 saturated heterocycles. The largest absolute Gasteiger partial charge is 0.507 e. The summed E-state index contributed by atoms with van der Waals surface area (Å²) < 4.78 is 0. The standard InChI is InChI=1S/C13H13N3O2S/c1-2-5-15-13-16-10(7-19-13)8-3-4-9(12(14)18)11(17)6-8/h2-4,6-7,17H,1,5H2,(H2,14,18)(H,15,16). The van der Waals surface area contributed by atoms with Gasteiger partial charge in [-0.15, -0.1) is 17.9 Å². The van der Waals surface area contributed by atoms with Gasteiger partial charge in [0.05, 0.1) is 11.3 Å². The minimum atomic E-state index is -0.657. The summed E-state index contributed by atoms with van der Waals surface area (Å²) in [6, 6.07) is 4.67. The van der Waals surface area contributed by atoms with Crippen molar-refractivity contribution in [3.8, 4) is 17.0 Å². The molecule has 0 aliphatic rings. The molecule has 0 bridgehead atoms. The third-order valence-electron chi connectivity index (χ3n) is 2.46. The topological polar surface area (TPSA) is 88.2 Å². The zero-order valence-electron chi connectivity index (χ0n) is 10.1. The Labute approximate surface area is 114 Å². The predicted octanol–water partition coefficient (Wildman–Crippen LogP) is 2.21. The van der Waals surface area contributed by atoms with Gasteiger partial charge in [-0.25, -0.2) is 4.98 Å². The molecular formula is C13H13N3O2S. The van der Waals surface area contributed by atoms with Crippen molar-refractivity contribution in [3.63, 3.8) is 0 Å². The van der Waals surface area contributed by atoms with Crippen molar-refractivity contribution in [1.82, 2.24) is 4.98 Å². The molecule has 2 rings (SSSR count). The Balaban J connectivity index is 2.26. The van der Waals surface area contributed by atoms with Gasteiger partial charge in [-0.3, -0.25) is 4.79 Å². The third kappa shape index (κ3) is 2.92. The van der Waals surface area contributed by atoms with Crippen LogP contribution in [0.1, 0.15) is 10.4 Å². The van der Waals surface area contributed by atoms with Gasteiger partial charge in [-0.2, -0.15) is 0 Å². The molecular weight excluding hydrogens is 262 g/mol. The average molecular weight is 275 g/mol. The number of amides is 1. The van der Waals surface area contributed by atoms with Crippen LogP contribution in [0.5, 0.6) is 5.75 Å². The monoisotopic (exact) mass is 275 g/mol. The maximum absolute atomic E-state index is 11.0. The van der Waals surface area contributed by atoms with E-state index in [-0.39, 0.29) is 11.3 Å². The predicted molar refractivity (Wildman–Crippen MR) is 76.4 cm³/mol. The summed E-state index contributed by atoms with van der Waals surface area (Å²) in [7, 11) is 0. The van der Waals surface area contributed by atoms with Gasteiger partial charge < -0.3 is 16.2 Å². The minimum absolute atomic E-state index is 0.101. The number of aromatic hydroxyl groups is 1. The molecule has 4 N–H and O–H groups in total. The van der Waals surface area contributed by atoms with Gasteiger partial charge in [0.1, 0.15) is 5.75 Å². The molecule has 1 aromatic carbocycles. The number of anilines is 1. The van der Waals surface area contributed by atoms with Crippen molar-refractivity contribution >= 4 is 22.4 Å². The molecule has 1 aromatic heterocycles. The number of phenols is 1. The zero-order chi connectivity index (χ0) is 13.8. The van der Waals surface area contributed by atoms with Crippen LogP contribution in [-0.4, -0.2) is 22.5 Å². The number of aromatic nitrogens is 1. The molecule has 5 nitrogen and oxygen atoms in total. The number of nitrogens with zero attached hydrogens (tertiary/aromatic N) is 1. The van der Waals surface area contributed by atoms with E-state index in [0.717, 1.165) is 16.4 Å². The molecule has 0 fully saturated rings. The number of hydrogen-bond acceptors (Lipinski definition) is 5. The van der Waals surface area contributed by atoms with Crippen molar-refractivity contribution in [2.45, 2.75) is 0 Å². The molecule has 6 heteroatoms. The van der Waals surface area contributed by atoms with Crippen LogP contribution in [0.2, 0.25) is 0 Å². The summed E-state index contributed by atoms with van der Waals surface area (Å²) >= 11 is 1.46. The first-order valence-corrected chi connectivity index (χ1v) is 6.43. The highest BCUT2D eigenvalue weighted by molar-refractivity contribution is 7.14. The molecule has 0 unspecified atom stereocenters. The Kier molecular flexibility index (Phi) is 3.82. The highest BCUT2D eigenvalue weighted by Crippen LogP contribution is 2.28. The summed E-state index contributed by atoms with van der Waals surface area (Å²) in [5, 5.41) is 15.4. The van der Waals surface area contributed by atoms with Gasteiger partial charge in [0.25, 0.3) is 5.91 Å². The Bertz CT molecular complexity index is 622. The van der Waals surface area contributed by atoms with Gasteiger partial charge in [0.15, 0.2) is 5.13 Å². The molecule has 19 heavy (non-hydrogen) atoms. The number of primary amides is 1. The third-order valence-corrected chi connectivity index (χ3v) is 3.26. The number of carbonyl (C=O) groups is 1. The summed E-state index contributed by atoms with van der Waals surface area (Å²) in [5.74, 6) is -0.797. The van der Waals surface area contributed by atoms with E-state index < -0.39 is 5.91 Å². The van der Waals surface area contributed by atoms with E-state index in [2.05, 4.69) is 16.9 Å². The van der Waals surface area contributed by atoms with Crippen molar-refractivity contribution in [1.29, 1.82) is 0 Å². The second kappa shape index (κ2) is 5.53. The zero-order valence-corrected chi connectivity index (χ0v) is 10.9. The number of carbonyl (C=O) groups excluding carboxylic acids is 1. The van der Waals surface area contributed by atoms with E-state index >= 15 is 0 Å². The fraction of sp³-hybridized carbons (Fsp3) is 0.0769. The minimum Gasteiger partial charge on any atom is -0.507 e. The van der Waals surface area contributed by atoms with Crippen LogP contribution in [0, 0.1) is 0 Å². The lowest BCUT2D eigenvalue weighted by atomic mass is 10.1. The second-order valence-electron chi connectivity index (χ2n) is 3.80. The number of rotatable bonds is 5. The molecule has 0 atom stereocenters. The fourth-order valence-electron chi connectivity index (χ4n) is 1.55. The summed E-state index contributed by atoms with van der Waals surface area (Å²) in [6.45, 7) is 4.25. The maximum atomic E-state index is 11.0. The fourth-order valence-corrected chi connectivity index (χ4v) is 2.28. The van der Waals surface area contributed by atoms with Crippen LogP contribution in [0.3, 0.4) is 0 Å². The van der Waals surface area contributed by atoms with Gasteiger partial charge in [-0.1, -0.05) is 12.1 Å². The number of benzene rings is 1. The maximum Gasteiger partial charge on any atom is 0.252 e. The van der Waals surface area contributed by atoms with E-state index in [1.807, 2.05) is 5.38 Å². The Morgan fingerprint density at radius 1 is 1.58 bits per heavy atom. The molecule has 2 aromatic rings. The summed E-state index contributed by atoms with van der Waals surface area (Å²) in [5.41, 5.74) is 6.68. The average Bonchev–Trinajstić information content (AvgIpc) is 2.84. The Morgan fingerprint density at radius 3 is 3.00 bits per heavy atom.